The number of aromatic nitrogens is 2. The van der Waals surface area contributed by atoms with Gasteiger partial charge in [-0.3, -0.25) is 0 Å². The molecule has 28 heavy (non-hydrogen) atoms. The van der Waals surface area contributed by atoms with Gasteiger partial charge in [-0.1, -0.05) is 54.1 Å². The predicted octanol–water partition coefficient (Wildman–Crippen LogP) is 4.04. The maximum Gasteiger partial charge on any atom is 0.345 e. The summed E-state index contributed by atoms with van der Waals surface area (Å²) in [6.45, 7) is 3.44. The van der Waals surface area contributed by atoms with Crippen molar-refractivity contribution in [2.24, 2.45) is 4.99 Å². The van der Waals surface area contributed by atoms with Gasteiger partial charge in [0.05, 0.1) is 17.3 Å². The lowest BCUT2D eigenvalue weighted by Crippen LogP contribution is -2.26. The minimum atomic E-state index is -0.460. The normalized spacial score (nSPS) is 13.1. The van der Waals surface area contributed by atoms with Crippen LogP contribution in [-0.4, -0.2) is 28.7 Å². The monoisotopic (exact) mass is 394 g/mol. The van der Waals surface area contributed by atoms with Crippen LogP contribution in [0.25, 0.3) is 11.4 Å². The number of hydrogen-bond donors (Lipinski definition) is 1. The maximum atomic E-state index is 12.7. The summed E-state index contributed by atoms with van der Waals surface area (Å²) in [4.78, 5) is 22.1. The molecule has 0 aliphatic carbocycles. The summed E-state index contributed by atoms with van der Waals surface area (Å²) < 4.78 is 7.28. The molecule has 7 heteroatoms. The number of fused-ring (bicyclic) bond motifs is 1. The number of anilines is 1. The fourth-order valence-electron chi connectivity index (χ4n) is 3.19. The topological polar surface area (TPSA) is 68.5 Å². The van der Waals surface area contributed by atoms with Crippen LogP contribution in [0.1, 0.15) is 17.3 Å². The van der Waals surface area contributed by atoms with Crippen molar-refractivity contribution in [2.75, 3.05) is 18.5 Å². The molecular formula is C21H19ClN4O2. The average molecular weight is 395 g/mol. The molecule has 0 radical (unpaired) electrons. The van der Waals surface area contributed by atoms with Crippen molar-refractivity contribution in [1.82, 2.24) is 9.55 Å². The number of halogens is 1. The van der Waals surface area contributed by atoms with Gasteiger partial charge in [0.15, 0.2) is 5.49 Å². The highest BCUT2D eigenvalue weighted by Gasteiger charge is 2.26. The Morgan fingerprint density at radius 3 is 2.71 bits per heavy atom. The van der Waals surface area contributed by atoms with E-state index in [9.17, 15) is 4.79 Å². The number of para-hydroxylation sites is 1. The van der Waals surface area contributed by atoms with Crippen LogP contribution in [-0.2, 0) is 11.3 Å². The highest BCUT2D eigenvalue weighted by atomic mass is 35.5. The van der Waals surface area contributed by atoms with Gasteiger partial charge in [0.2, 0.25) is 0 Å². The van der Waals surface area contributed by atoms with Gasteiger partial charge >= 0.3 is 5.97 Å². The van der Waals surface area contributed by atoms with E-state index in [1.807, 2.05) is 47.0 Å². The average Bonchev–Trinajstić information content (AvgIpc) is 3.19. The van der Waals surface area contributed by atoms with Crippen molar-refractivity contribution < 1.29 is 9.53 Å². The standard InChI is InChI=1S/C21H19ClN4O2/c1-2-28-21(27)17-18(24-16-11-7-6-10-15(16)22)25-19(14-8-4-3-5-9-14)26-13-12-23-20(17)26/h3-11,23H,2,12-13H2,1H3. The summed E-state index contributed by atoms with van der Waals surface area (Å²) in [6, 6.07) is 17.0. The Kier molecular flexibility index (Phi) is 5.12. The minimum Gasteiger partial charge on any atom is -0.462 e. The fraction of sp³-hybridized carbons (Fsp3) is 0.190. The summed E-state index contributed by atoms with van der Waals surface area (Å²) >= 11 is 6.28. The van der Waals surface area contributed by atoms with Gasteiger partial charge in [0.25, 0.3) is 0 Å². The van der Waals surface area contributed by atoms with Crippen LogP contribution in [0.5, 0.6) is 0 Å². The second-order valence-electron chi connectivity index (χ2n) is 6.21. The zero-order chi connectivity index (χ0) is 19.5. The van der Waals surface area contributed by atoms with Crippen LogP contribution in [0.3, 0.4) is 0 Å². The first-order chi connectivity index (χ1) is 13.7. The number of nitrogens with zero attached hydrogens (tertiary/aromatic N) is 3. The molecule has 1 aliphatic rings. The van der Waals surface area contributed by atoms with Gasteiger partial charge in [-0.25, -0.2) is 14.8 Å². The van der Waals surface area contributed by atoms with E-state index in [-0.39, 0.29) is 12.1 Å². The third-order valence-electron chi connectivity index (χ3n) is 4.42. The van der Waals surface area contributed by atoms with Crippen LogP contribution in [0.4, 0.5) is 11.5 Å². The van der Waals surface area contributed by atoms with E-state index < -0.39 is 5.97 Å². The number of carbonyl (C=O) groups is 1. The zero-order valence-electron chi connectivity index (χ0n) is 15.4. The summed E-state index contributed by atoms with van der Waals surface area (Å²) in [5.74, 6) is 0.941. The molecule has 0 atom stereocenters. The molecule has 0 amide bonds. The Labute approximate surface area is 167 Å². The van der Waals surface area contributed by atoms with E-state index in [4.69, 9.17) is 21.3 Å². The van der Waals surface area contributed by atoms with E-state index in [0.29, 0.717) is 35.2 Å². The van der Waals surface area contributed by atoms with Gasteiger partial charge in [-0.15, -0.1) is 0 Å². The second kappa shape index (κ2) is 7.86. The predicted molar refractivity (Wildman–Crippen MR) is 109 cm³/mol. The maximum absolute atomic E-state index is 12.7. The first kappa shape index (κ1) is 18.3. The molecule has 3 aromatic rings. The van der Waals surface area contributed by atoms with E-state index in [0.717, 1.165) is 11.4 Å². The largest absolute Gasteiger partial charge is 0.462 e. The Balaban J connectivity index is 2.02. The molecular weight excluding hydrogens is 376 g/mol. The van der Waals surface area contributed by atoms with Crippen LogP contribution < -0.4 is 10.8 Å². The smallest absolute Gasteiger partial charge is 0.345 e. The lowest BCUT2D eigenvalue weighted by Gasteiger charge is -2.14. The Morgan fingerprint density at radius 2 is 1.96 bits per heavy atom. The molecule has 0 bridgehead atoms. The Morgan fingerprint density at radius 1 is 1.21 bits per heavy atom. The van der Waals surface area contributed by atoms with Crippen molar-refractivity contribution in [1.29, 1.82) is 0 Å². The number of ether oxygens (including phenoxy) is 1. The second-order valence-corrected chi connectivity index (χ2v) is 6.62. The molecule has 6 nitrogen and oxygen atoms in total. The Bertz CT molecular complexity index is 1090. The molecule has 4 rings (SSSR count). The van der Waals surface area contributed by atoms with Crippen LogP contribution in [0.2, 0.25) is 5.02 Å². The van der Waals surface area contributed by atoms with Gasteiger partial charge in [0.1, 0.15) is 17.2 Å². The molecule has 0 saturated carbocycles. The summed E-state index contributed by atoms with van der Waals surface area (Å²) in [5, 5.41) is 3.78. The van der Waals surface area contributed by atoms with Crippen molar-refractivity contribution >= 4 is 29.1 Å². The molecule has 2 aromatic carbocycles. The van der Waals surface area contributed by atoms with E-state index in [1.165, 1.54) is 0 Å². The minimum absolute atomic E-state index is 0.268. The number of carbonyl (C=O) groups excluding carboxylic acids is 1. The highest BCUT2D eigenvalue weighted by Crippen LogP contribution is 2.27. The molecule has 2 heterocycles. The zero-order valence-corrected chi connectivity index (χ0v) is 16.1. The van der Waals surface area contributed by atoms with Crippen molar-refractivity contribution in [2.45, 2.75) is 13.5 Å². The molecule has 0 saturated heterocycles. The Hall–Kier alpha value is -3.12. The van der Waals surface area contributed by atoms with Gasteiger partial charge in [-0.2, -0.15) is 0 Å². The van der Waals surface area contributed by atoms with E-state index in [2.05, 4.69) is 10.3 Å². The summed E-state index contributed by atoms with van der Waals surface area (Å²) in [6.07, 6.45) is 0. The summed E-state index contributed by atoms with van der Waals surface area (Å²) in [5.41, 5.74) is 2.09. The van der Waals surface area contributed by atoms with Crippen LogP contribution in [0.15, 0.2) is 59.6 Å². The lowest BCUT2D eigenvalue weighted by atomic mass is 10.2. The van der Waals surface area contributed by atoms with Crippen molar-refractivity contribution in [3.8, 4) is 11.4 Å². The number of benzene rings is 2. The van der Waals surface area contributed by atoms with Gasteiger partial charge < -0.3 is 14.6 Å². The molecule has 1 aliphatic heterocycles. The number of nitrogens with one attached hydrogen (secondary N) is 1. The number of rotatable bonds is 4. The van der Waals surface area contributed by atoms with E-state index in [1.54, 1.807) is 19.1 Å². The van der Waals surface area contributed by atoms with Crippen LogP contribution >= 0.6 is 11.6 Å². The first-order valence-electron chi connectivity index (χ1n) is 9.09. The van der Waals surface area contributed by atoms with E-state index >= 15 is 0 Å². The molecule has 0 spiro atoms. The molecule has 1 aromatic heterocycles. The van der Waals surface area contributed by atoms with Crippen molar-refractivity contribution in [3.05, 3.63) is 70.7 Å². The number of hydrogen-bond acceptors (Lipinski definition) is 5. The fourth-order valence-corrected chi connectivity index (χ4v) is 3.37. The van der Waals surface area contributed by atoms with Gasteiger partial charge in [-0.05, 0) is 19.1 Å². The molecule has 142 valence electrons. The van der Waals surface area contributed by atoms with Crippen LogP contribution in [0, 0.1) is 0 Å². The van der Waals surface area contributed by atoms with Gasteiger partial charge in [0, 0.05) is 18.7 Å². The third-order valence-corrected chi connectivity index (χ3v) is 4.74. The molecule has 0 unspecified atom stereocenters. The third kappa shape index (κ3) is 3.39. The molecule has 1 N–H and O–H groups in total. The first-order valence-corrected chi connectivity index (χ1v) is 9.47. The highest BCUT2D eigenvalue weighted by molar-refractivity contribution is 6.32. The SMILES string of the molecule is CCOC(=O)c1c2n(c(-c3ccccc3)nc1=Nc1ccccc1Cl)CCN2. The summed E-state index contributed by atoms with van der Waals surface area (Å²) in [7, 11) is 0. The molecule has 0 fully saturated rings. The quantitative estimate of drug-likeness (QED) is 0.678. The van der Waals surface area contributed by atoms with Crippen molar-refractivity contribution in [3.63, 3.8) is 0 Å². The lowest BCUT2D eigenvalue weighted by molar-refractivity contribution is 0.0524. The number of esters is 1.